The minimum absolute atomic E-state index is 0.0398. The van der Waals surface area contributed by atoms with Gasteiger partial charge in [-0.3, -0.25) is 9.59 Å². The quantitative estimate of drug-likeness (QED) is 0.192. The first kappa shape index (κ1) is 33.6. The standard InChI is InChI=1S/C37H47N3O5/c1-37(2,3)45-36(43)39-24-29-14-18-31(19-15-29)35(42)40-33(22-27-10-6-4-7-11-27)25-38-32-20-16-28(17-21-32)23-34(41)44-26-30-12-8-5-9-13-30/h4-13,16-17,20-21,29,31,33,38H,14-15,18-19,22-26H2,1-3H3,(H,39,43)(H,40,42)/t29?,31?,33-/m0/s1. The highest BCUT2D eigenvalue weighted by molar-refractivity contribution is 5.79. The molecule has 240 valence electrons. The van der Waals surface area contributed by atoms with Gasteiger partial charge in [0.15, 0.2) is 0 Å². The van der Waals surface area contributed by atoms with Crippen LogP contribution in [0.25, 0.3) is 0 Å². The number of amides is 2. The van der Waals surface area contributed by atoms with E-state index in [1.807, 2.05) is 93.6 Å². The Morgan fingerprint density at radius 3 is 2.04 bits per heavy atom. The van der Waals surface area contributed by atoms with Crippen LogP contribution < -0.4 is 16.0 Å². The molecule has 1 fully saturated rings. The first-order valence-corrected chi connectivity index (χ1v) is 16.0. The Hall–Kier alpha value is -4.33. The predicted octanol–water partition coefficient (Wildman–Crippen LogP) is 6.44. The van der Waals surface area contributed by atoms with Gasteiger partial charge in [0.05, 0.1) is 12.5 Å². The molecule has 0 bridgehead atoms. The van der Waals surface area contributed by atoms with E-state index in [1.54, 1.807) is 0 Å². The van der Waals surface area contributed by atoms with Crippen LogP contribution in [0.1, 0.15) is 63.1 Å². The van der Waals surface area contributed by atoms with Crippen LogP contribution in [0, 0.1) is 11.8 Å². The van der Waals surface area contributed by atoms with Crippen molar-refractivity contribution in [1.82, 2.24) is 10.6 Å². The lowest BCUT2D eigenvalue weighted by Gasteiger charge is -2.30. The molecule has 0 radical (unpaired) electrons. The van der Waals surface area contributed by atoms with Gasteiger partial charge in [0.2, 0.25) is 5.91 Å². The maximum absolute atomic E-state index is 13.4. The van der Waals surface area contributed by atoms with Gasteiger partial charge in [0, 0.05) is 24.7 Å². The molecular weight excluding hydrogens is 566 g/mol. The molecule has 4 rings (SSSR count). The summed E-state index contributed by atoms with van der Waals surface area (Å²) in [6, 6.07) is 27.5. The number of hydrogen-bond donors (Lipinski definition) is 3. The lowest BCUT2D eigenvalue weighted by atomic mass is 9.81. The maximum atomic E-state index is 13.4. The van der Waals surface area contributed by atoms with Gasteiger partial charge in [-0.1, -0.05) is 72.8 Å². The first-order chi connectivity index (χ1) is 21.6. The molecule has 1 atom stereocenters. The van der Waals surface area contributed by atoms with Gasteiger partial charge in [0.25, 0.3) is 0 Å². The van der Waals surface area contributed by atoms with Crippen LogP contribution in [0.15, 0.2) is 84.9 Å². The van der Waals surface area contributed by atoms with E-state index in [0.29, 0.717) is 25.4 Å². The topological polar surface area (TPSA) is 106 Å². The van der Waals surface area contributed by atoms with E-state index in [1.165, 1.54) is 0 Å². The molecule has 45 heavy (non-hydrogen) atoms. The van der Waals surface area contributed by atoms with Crippen molar-refractivity contribution in [2.24, 2.45) is 11.8 Å². The molecule has 0 aromatic heterocycles. The number of carbonyl (C=O) groups is 3. The van der Waals surface area contributed by atoms with Crippen molar-refractivity contribution in [1.29, 1.82) is 0 Å². The molecule has 3 N–H and O–H groups in total. The van der Waals surface area contributed by atoms with Crippen molar-refractivity contribution in [2.75, 3.05) is 18.4 Å². The molecule has 1 aliphatic rings. The fourth-order valence-corrected chi connectivity index (χ4v) is 5.50. The highest BCUT2D eigenvalue weighted by Gasteiger charge is 2.28. The summed E-state index contributed by atoms with van der Waals surface area (Å²) >= 11 is 0. The molecule has 2 amide bonds. The number of hydrogen-bond acceptors (Lipinski definition) is 6. The molecule has 0 spiro atoms. The lowest BCUT2D eigenvalue weighted by molar-refractivity contribution is -0.144. The Bertz CT molecular complexity index is 1350. The molecule has 0 heterocycles. The van der Waals surface area contributed by atoms with Crippen molar-refractivity contribution in [2.45, 2.75) is 77.5 Å². The largest absolute Gasteiger partial charge is 0.461 e. The van der Waals surface area contributed by atoms with Gasteiger partial charge in [-0.2, -0.15) is 0 Å². The number of carbonyl (C=O) groups excluding carboxylic acids is 3. The van der Waals surface area contributed by atoms with Crippen LogP contribution in [0.2, 0.25) is 0 Å². The Morgan fingerprint density at radius 1 is 0.800 bits per heavy atom. The molecule has 8 heteroatoms. The highest BCUT2D eigenvalue weighted by Crippen LogP contribution is 2.29. The summed E-state index contributed by atoms with van der Waals surface area (Å²) < 4.78 is 10.8. The van der Waals surface area contributed by atoms with Crippen LogP contribution >= 0.6 is 0 Å². The summed E-state index contributed by atoms with van der Waals surface area (Å²) in [5.41, 5.74) is 3.40. The third-order valence-electron chi connectivity index (χ3n) is 7.92. The van der Waals surface area contributed by atoms with Crippen molar-refractivity contribution in [3.05, 3.63) is 102 Å². The third kappa shape index (κ3) is 12.3. The fraction of sp³-hybridized carbons (Fsp3) is 0.432. The third-order valence-corrected chi connectivity index (χ3v) is 7.92. The molecule has 0 aliphatic heterocycles. The fourth-order valence-electron chi connectivity index (χ4n) is 5.50. The predicted molar refractivity (Wildman–Crippen MR) is 177 cm³/mol. The second kappa shape index (κ2) is 16.7. The maximum Gasteiger partial charge on any atom is 0.407 e. The summed E-state index contributed by atoms with van der Waals surface area (Å²) in [5.74, 6) is 0.123. The number of esters is 1. The van der Waals surface area contributed by atoms with Gasteiger partial charge in [-0.05, 0) is 87.6 Å². The second-order valence-corrected chi connectivity index (χ2v) is 12.9. The monoisotopic (exact) mass is 613 g/mol. The number of rotatable bonds is 13. The summed E-state index contributed by atoms with van der Waals surface area (Å²) in [5, 5.41) is 9.65. The molecule has 3 aromatic rings. The van der Waals surface area contributed by atoms with Gasteiger partial charge in [-0.25, -0.2) is 4.79 Å². The number of ether oxygens (including phenoxy) is 2. The van der Waals surface area contributed by atoms with E-state index in [-0.39, 0.29) is 36.9 Å². The highest BCUT2D eigenvalue weighted by atomic mass is 16.6. The summed E-state index contributed by atoms with van der Waals surface area (Å²) in [6.45, 7) is 6.94. The van der Waals surface area contributed by atoms with E-state index in [4.69, 9.17) is 9.47 Å². The van der Waals surface area contributed by atoms with E-state index >= 15 is 0 Å². The van der Waals surface area contributed by atoms with Crippen molar-refractivity contribution < 1.29 is 23.9 Å². The average molecular weight is 614 g/mol. The molecule has 0 unspecified atom stereocenters. The Kier molecular flexibility index (Phi) is 12.4. The average Bonchev–Trinajstić information content (AvgIpc) is 3.03. The van der Waals surface area contributed by atoms with Crippen molar-refractivity contribution >= 4 is 23.7 Å². The number of alkyl carbamates (subject to hydrolysis) is 1. The minimum atomic E-state index is -0.521. The van der Waals surface area contributed by atoms with Crippen molar-refractivity contribution in [3.63, 3.8) is 0 Å². The number of benzene rings is 3. The Labute approximate surface area is 267 Å². The number of nitrogens with one attached hydrogen (secondary N) is 3. The summed E-state index contributed by atoms with van der Waals surface area (Å²) in [4.78, 5) is 37.7. The second-order valence-electron chi connectivity index (χ2n) is 12.9. The number of anilines is 1. The molecular formula is C37H47N3O5. The van der Waals surface area contributed by atoms with Crippen molar-refractivity contribution in [3.8, 4) is 0 Å². The minimum Gasteiger partial charge on any atom is -0.461 e. The van der Waals surface area contributed by atoms with E-state index in [9.17, 15) is 14.4 Å². The Morgan fingerprint density at radius 2 is 1.42 bits per heavy atom. The van der Waals surface area contributed by atoms with E-state index < -0.39 is 11.7 Å². The normalized spacial score (nSPS) is 17.0. The summed E-state index contributed by atoms with van der Waals surface area (Å²) in [7, 11) is 0. The first-order valence-electron chi connectivity index (χ1n) is 16.0. The van der Waals surface area contributed by atoms with E-state index in [2.05, 4.69) is 28.1 Å². The molecule has 1 aliphatic carbocycles. The molecule has 3 aromatic carbocycles. The smallest absolute Gasteiger partial charge is 0.407 e. The van der Waals surface area contributed by atoms with Gasteiger partial charge in [0.1, 0.15) is 12.2 Å². The zero-order valence-corrected chi connectivity index (χ0v) is 26.7. The van der Waals surface area contributed by atoms with Gasteiger partial charge < -0.3 is 25.4 Å². The van der Waals surface area contributed by atoms with Crippen LogP contribution in [0.3, 0.4) is 0 Å². The summed E-state index contributed by atoms with van der Waals surface area (Å²) in [6.07, 6.45) is 3.90. The van der Waals surface area contributed by atoms with Crippen LogP contribution in [-0.2, 0) is 38.5 Å². The zero-order valence-electron chi connectivity index (χ0n) is 26.7. The SMILES string of the molecule is CC(C)(C)OC(=O)NCC1CCC(C(=O)N[C@H](CNc2ccc(CC(=O)OCc3ccccc3)cc2)Cc2ccccc2)CC1. The molecule has 8 nitrogen and oxygen atoms in total. The van der Waals surface area contributed by atoms with E-state index in [0.717, 1.165) is 48.1 Å². The van der Waals surface area contributed by atoms with Gasteiger partial charge >= 0.3 is 12.1 Å². The van der Waals surface area contributed by atoms with Gasteiger partial charge in [-0.15, -0.1) is 0 Å². The van der Waals surface area contributed by atoms with Crippen LogP contribution in [0.4, 0.5) is 10.5 Å². The zero-order chi connectivity index (χ0) is 32.1. The Balaban J connectivity index is 1.24. The van der Waals surface area contributed by atoms with Crippen LogP contribution in [-0.4, -0.2) is 42.7 Å². The van der Waals surface area contributed by atoms with Crippen LogP contribution in [0.5, 0.6) is 0 Å². The lowest BCUT2D eigenvalue weighted by Crippen LogP contribution is -2.45. The molecule has 1 saturated carbocycles. The molecule has 0 saturated heterocycles.